The van der Waals surface area contributed by atoms with Gasteiger partial charge in [0.1, 0.15) is 12.1 Å². The summed E-state index contributed by atoms with van der Waals surface area (Å²) < 4.78 is 0. The summed E-state index contributed by atoms with van der Waals surface area (Å²) in [6, 6.07) is 2.17. The first kappa shape index (κ1) is 13.7. The van der Waals surface area contributed by atoms with Gasteiger partial charge in [0.05, 0.1) is 0 Å². The summed E-state index contributed by atoms with van der Waals surface area (Å²) in [5, 5.41) is 0. The van der Waals surface area contributed by atoms with Crippen molar-refractivity contribution >= 4 is 17.6 Å². The van der Waals surface area contributed by atoms with Crippen LogP contribution in [-0.4, -0.2) is 45.8 Å². The zero-order chi connectivity index (χ0) is 15.1. The zero-order valence-corrected chi connectivity index (χ0v) is 12.6. The number of piperidine rings is 1. The van der Waals surface area contributed by atoms with Gasteiger partial charge in [-0.3, -0.25) is 14.5 Å². The number of nitrogens with zero attached hydrogens (tertiary/aromatic N) is 4. The quantitative estimate of drug-likeness (QED) is 0.791. The molecule has 0 aromatic carbocycles. The smallest absolute Gasteiger partial charge is 0.229 e. The summed E-state index contributed by atoms with van der Waals surface area (Å²) >= 11 is 0. The van der Waals surface area contributed by atoms with Crippen molar-refractivity contribution in [3.63, 3.8) is 0 Å². The van der Waals surface area contributed by atoms with E-state index in [4.69, 9.17) is 0 Å². The molecule has 3 heterocycles. The standard InChI is InChI=1S/C16H20N4O2/c21-15-3-4-16(22)20(15)12-5-7-19(8-6-12)14-9-13(11-1-2-11)17-10-18-14/h9-12H,1-8H2. The Kier molecular flexibility index (Phi) is 3.32. The van der Waals surface area contributed by atoms with E-state index in [2.05, 4.69) is 20.9 Å². The largest absolute Gasteiger partial charge is 0.356 e. The molecule has 6 heteroatoms. The first-order valence-electron chi connectivity index (χ1n) is 8.14. The third kappa shape index (κ3) is 2.46. The number of rotatable bonds is 3. The minimum Gasteiger partial charge on any atom is -0.356 e. The molecule has 0 unspecified atom stereocenters. The van der Waals surface area contributed by atoms with E-state index in [1.165, 1.54) is 17.7 Å². The summed E-state index contributed by atoms with van der Waals surface area (Å²) in [4.78, 5) is 36.2. The molecule has 0 bridgehead atoms. The number of aromatic nitrogens is 2. The molecule has 22 heavy (non-hydrogen) atoms. The second-order valence-corrected chi connectivity index (χ2v) is 6.45. The molecule has 116 valence electrons. The molecule has 1 aliphatic carbocycles. The fourth-order valence-corrected chi connectivity index (χ4v) is 3.49. The molecule has 3 aliphatic rings. The van der Waals surface area contributed by atoms with Crippen molar-refractivity contribution in [2.24, 2.45) is 0 Å². The zero-order valence-electron chi connectivity index (χ0n) is 12.6. The Labute approximate surface area is 129 Å². The Balaban J connectivity index is 1.42. The van der Waals surface area contributed by atoms with Crippen molar-refractivity contribution in [1.82, 2.24) is 14.9 Å². The van der Waals surface area contributed by atoms with Gasteiger partial charge in [0.15, 0.2) is 0 Å². The number of carbonyl (C=O) groups is 2. The number of amides is 2. The molecular weight excluding hydrogens is 280 g/mol. The maximum atomic E-state index is 11.8. The molecular formula is C16H20N4O2. The van der Waals surface area contributed by atoms with Crippen LogP contribution >= 0.6 is 0 Å². The summed E-state index contributed by atoms with van der Waals surface area (Å²) in [7, 11) is 0. The number of carbonyl (C=O) groups excluding carboxylic acids is 2. The number of hydrogen-bond donors (Lipinski definition) is 0. The lowest BCUT2D eigenvalue weighted by Crippen LogP contribution is -2.47. The number of likely N-dealkylation sites (tertiary alicyclic amines) is 1. The van der Waals surface area contributed by atoms with Gasteiger partial charge in [0, 0.05) is 49.7 Å². The average molecular weight is 300 g/mol. The van der Waals surface area contributed by atoms with Crippen LogP contribution in [0.3, 0.4) is 0 Å². The van der Waals surface area contributed by atoms with Gasteiger partial charge < -0.3 is 4.90 Å². The number of imide groups is 1. The SMILES string of the molecule is O=C1CCC(=O)N1C1CCN(c2cc(C3CC3)ncn2)CC1. The Hall–Kier alpha value is -1.98. The van der Waals surface area contributed by atoms with Crippen LogP contribution in [0.15, 0.2) is 12.4 Å². The van der Waals surface area contributed by atoms with Crippen molar-refractivity contribution in [2.75, 3.05) is 18.0 Å². The molecule has 3 fully saturated rings. The Morgan fingerprint density at radius 1 is 0.955 bits per heavy atom. The van der Waals surface area contributed by atoms with Crippen LogP contribution in [0.5, 0.6) is 0 Å². The molecule has 0 atom stereocenters. The van der Waals surface area contributed by atoms with E-state index < -0.39 is 0 Å². The van der Waals surface area contributed by atoms with Crippen molar-refractivity contribution in [3.05, 3.63) is 18.1 Å². The fourth-order valence-electron chi connectivity index (χ4n) is 3.49. The molecule has 1 aromatic heterocycles. The van der Waals surface area contributed by atoms with Gasteiger partial charge in [-0.1, -0.05) is 0 Å². The minimum atomic E-state index is 0.00139. The van der Waals surface area contributed by atoms with Crippen molar-refractivity contribution in [1.29, 1.82) is 0 Å². The highest BCUT2D eigenvalue weighted by Gasteiger charge is 2.36. The van der Waals surface area contributed by atoms with Crippen molar-refractivity contribution < 1.29 is 9.59 Å². The molecule has 0 spiro atoms. The van der Waals surface area contributed by atoms with E-state index in [0.717, 1.165) is 37.4 Å². The molecule has 2 aliphatic heterocycles. The van der Waals surface area contributed by atoms with Crippen LogP contribution in [0.2, 0.25) is 0 Å². The highest BCUT2D eigenvalue weighted by atomic mass is 16.2. The van der Waals surface area contributed by atoms with Crippen molar-refractivity contribution in [2.45, 2.75) is 50.5 Å². The molecule has 4 rings (SSSR count). The van der Waals surface area contributed by atoms with Crippen LogP contribution < -0.4 is 4.90 Å². The van der Waals surface area contributed by atoms with E-state index in [0.29, 0.717) is 18.8 Å². The molecule has 1 aromatic rings. The van der Waals surface area contributed by atoms with Gasteiger partial charge >= 0.3 is 0 Å². The van der Waals surface area contributed by atoms with E-state index in [1.54, 1.807) is 6.33 Å². The molecule has 6 nitrogen and oxygen atoms in total. The minimum absolute atomic E-state index is 0.00139. The van der Waals surface area contributed by atoms with Crippen LogP contribution in [0.25, 0.3) is 0 Å². The average Bonchev–Trinajstić information content (AvgIpc) is 3.34. The van der Waals surface area contributed by atoms with Crippen LogP contribution in [-0.2, 0) is 9.59 Å². The summed E-state index contributed by atoms with van der Waals surface area (Å²) in [5.41, 5.74) is 1.15. The molecule has 1 saturated carbocycles. The highest BCUT2D eigenvalue weighted by Crippen LogP contribution is 2.39. The van der Waals surface area contributed by atoms with E-state index in [-0.39, 0.29) is 17.9 Å². The van der Waals surface area contributed by atoms with Crippen LogP contribution in [0.4, 0.5) is 5.82 Å². The van der Waals surface area contributed by atoms with E-state index in [1.807, 2.05) is 0 Å². The number of anilines is 1. The highest BCUT2D eigenvalue weighted by molar-refractivity contribution is 6.02. The lowest BCUT2D eigenvalue weighted by molar-refractivity contribution is -0.141. The lowest BCUT2D eigenvalue weighted by Gasteiger charge is -2.36. The fraction of sp³-hybridized carbons (Fsp3) is 0.625. The third-order valence-corrected chi connectivity index (χ3v) is 4.91. The van der Waals surface area contributed by atoms with Gasteiger partial charge in [-0.2, -0.15) is 0 Å². The van der Waals surface area contributed by atoms with Gasteiger partial charge in [-0.15, -0.1) is 0 Å². The first-order valence-corrected chi connectivity index (χ1v) is 8.14. The van der Waals surface area contributed by atoms with E-state index >= 15 is 0 Å². The third-order valence-electron chi connectivity index (χ3n) is 4.91. The van der Waals surface area contributed by atoms with Crippen LogP contribution in [0.1, 0.15) is 50.1 Å². The molecule has 2 saturated heterocycles. The Bertz CT molecular complexity index is 590. The molecule has 2 amide bonds. The van der Waals surface area contributed by atoms with Crippen molar-refractivity contribution in [3.8, 4) is 0 Å². The lowest BCUT2D eigenvalue weighted by atomic mass is 10.0. The maximum Gasteiger partial charge on any atom is 0.229 e. The van der Waals surface area contributed by atoms with Gasteiger partial charge in [0.2, 0.25) is 11.8 Å². The molecule has 0 radical (unpaired) electrons. The maximum absolute atomic E-state index is 11.8. The summed E-state index contributed by atoms with van der Waals surface area (Å²) in [6.07, 6.45) is 6.56. The first-order chi connectivity index (χ1) is 10.7. The summed E-state index contributed by atoms with van der Waals surface area (Å²) in [6.45, 7) is 1.67. The predicted molar refractivity (Wildman–Crippen MR) is 80.3 cm³/mol. The van der Waals surface area contributed by atoms with Crippen LogP contribution in [0, 0.1) is 0 Å². The van der Waals surface area contributed by atoms with E-state index in [9.17, 15) is 9.59 Å². The summed E-state index contributed by atoms with van der Waals surface area (Å²) in [5.74, 6) is 1.61. The second kappa shape index (κ2) is 5.34. The Morgan fingerprint density at radius 3 is 2.27 bits per heavy atom. The Morgan fingerprint density at radius 2 is 1.64 bits per heavy atom. The van der Waals surface area contributed by atoms with Gasteiger partial charge in [0.25, 0.3) is 0 Å². The van der Waals surface area contributed by atoms with Gasteiger partial charge in [-0.25, -0.2) is 9.97 Å². The molecule has 0 N–H and O–H groups in total. The monoisotopic (exact) mass is 300 g/mol. The second-order valence-electron chi connectivity index (χ2n) is 6.45. The predicted octanol–water partition coefficient (Wildman–Crippen LogP) is 1.47. The normalized spacial score (nSPS) is 23.5. The topological polar surface area (TPSA) is 66.4 Å². The number of hydrogen-bond acceptors (Lipinski definition) is 5. The van der Waals surface area contributed by atoms with Gasteiger partial charge in [-0.05, 0) is 25.7 Å².